The molecule has 5 heteroatoms. The second-order valence-corrected chi connectivity index (χ2v) is 6.59. The Hall–Kier alpha value is -2.56. The van der Waals surface area contributed by atoms with E-state index in [1.54, 1.807) is 13.0 Å². The number of nitro groups is 1. The molecular weight excluding hydrogens is 290 g/mol. The van der Waals surface area contributed by atoms with E-state index in [9.17, 15) is 10.1 Å². The first kappa shape index (κ1) is 16.8. The van der Waals surface area contributed by atoms with Gasteiger partial charge in [0.1, 0.15) is 0 Å². The van der Waals surface area contributed by atoms with Gasteiger partial charge in [-0.2, -0.15) is 0 Å². The SMILES string of the molecule is Cc1c(CNc2ccccc2NC(C)(C)C)cccc1[N+](=O)[O-]. The molecule has 5 nitrogen and oxygen atoms in total. The van der Waals surface area contributed by atoms with Crippen molar-refractivity contribution in [2.24, 2.45) is 0 Å². The van der Waals surface area contributed by atoms with Crippen molar-refractivity contribution >= 4 is 17.1 Å². The number of nitrogens with zero attached hydrogens (tertiary/aromatic N) is 1. The summed E-state index contributed by atoms with van der Waals surface area (Å²) < 4.78 is 0. The molecule has 0 spiro atoms. The van der Waals surface area contributed by atoms with Gasteiger partial charge in [-0.3, -0.25) is 10.1 Å². The molecule has 0 aliphatic rings. The van der Waals surface area contributed by atoms with Crippen LogP contribution >= 0.6 is 0 Å². The van der Waals surface area contributed by atoms with Gasteiger partial charge in [0.05, 0.1) is 16.3 Å². The van der Waals surface area contributed by atoms with Gasteiger partial charge in [-0.05, 0) is 45.4 Å². The maximum absolute atomic E-state index is 11.0. The normalized spacial score (nSPS) is 11.1. The summed E-state index contributed by atoms with van der Waals surface area (Å²) in [5.41, 5.74) is 3.73. The first-order valence-electron chi connectivity index (χ1n) is 7.62. The number of para-hydroxylation sites is 2. The Labute approximate surface area is 136 Å². The van der Waals surface area contributed by atoms with Crippen molar-refractivity contribution in [1.29, 1.82) is 0 Å². The lowest BCUT2D eigenvalue weighted by Crippen LogP contribution is -2.26. The molecule has 0 atom stereocenters. The molecule has 2 aromatic carbocycles. The highest BCUT2D eigenvalue weighted by Crippen LogP contribution is 2.26. The maximum atomic E-state index is 11.0. The third-order valence-corrected chi connectivity index (χ3v) is 3.52. The smallest absolute Gasteiger partial charge is 0.272 e. The van der Waals surface area contributed by atoms with Crippen molar-refractivity contribution in [3.8, 4) is 0 Å². The van der Waals surface area contributed by atoms with E-state index < -0.39 is 0 Å². The molecule has 2 aromatic rings. The molecule has 0 saturated heterocycles. The largest absolute Gasteiger partial charge is 0.379 e. The van der Waals surface area contributed by atoms with Crippen molar-refractivity contribution in [1.82, 2.24) is 0 Å². The molecule has 2 N–H and O–H groups in total. The molecule has 0 amide bonds. The lowest BCUT2D eigenvalue weighted by molar-refractivity contribution is -0.385. The van der Waals surface area contributed by atoms with Gasteiger partial charge in [0, 0.05) is 23.7 Å². The first-order valence-corrected chi connectivity index (χ1v) is 7.62. The number of benzene rings is 2. The van der Waals surface area contributed by atoms with Crippen LogP contribution in [0.1, 0.15) is 31.9 Å². The molecule has 0 bridgehead atoms. The van der Waals surface area contributed by atoms with Crippen molar-refractivity contribution in [3.05, 3.63) is 63.7 Å². The Morgan fingerprint density at radius 2 is 1.70 bits per heavy atom. The van der Waals surface area contributed by atoms with Crippen molar-refractivity contribution in [2.75, 3.05) is 10.6 Å². The average molecular weight is 313 g/mol. The van der Waals surface area contributed by atoms with Gasteiger partial charge in [0.15, 0.2) is 0 Å². The minimum absolute atomic E-state index is 0.0424. The predicted octanol–water partition coefficient (Wildman–Crippen LogP) is 4.73. The molecule has 0 fully saturated rings. The van der Waals surface area contributed by atoms with E-state index in [1.165, 1.54) is 6.07 Å². The summed E-state index contributed by atoms with van der Waals surface area (Å²) >= 11 is 0. The third kappa shape index (κ3) is 4.45. The topological polar surface area (TPSA) is 67.2 Å². The molecule has 0 aliphatic carbocycles. The Morgan fingerprint density at radius 1 is 1.04 bits per heavy atom. The summed E-state index contributed by atoms with van der Waals surface area (Å²) in [7, 11) is 0. The van der Waals surface area contributed by atoms with Crippen LogP contribution in [0.3, 0.4) is 0 Å². The lowest BCUT2D eigenvalue weighted by Gasteiger charge is -2.24. The van der Waals surface area contributed by atoms with Crippen molar-refractivity contribution in [3.63, 3.8) is 0 Å². The number of anilines is 2. The van der Waals surface area contributed by atoms with E-state index in [-0.39, 0.29) is 16.1 Å². The summed E-state index contributed by atoms with van der Waals surface area (Å²) in [4.78, 5) is 10.7. The van der Waals surface area contributed by atoms with Crippen molar-refractivity contribution < 1.29 is 4.92 Å². The van der Waals surface area contributed by atoms with E-state index in [0.717, 1.165) is 16.9 Å². The van der Waals surface area contributed by atoms with Gasteiger partial charge in [0.2, 0.25) is 0 Å². The number of rotatable bonds is 5. The number of nitrogens with one attached hydrogen (secondary N) is 2. The highest BCUT2D eigenvalue weighted by atomic mass is 16.6. The second-order valence-electron chi connectivity index (χ2n) is 6.59. The summed E-state index contributed by atoms with van der Waals surface area (Å²) in [6.07, 6.45) is 0. The van der Waals surface area contributed by atoms with Gasteiger partial charge in [-0.15, -0.1) is 0 Å². The molecule has 0 aromatic heterocycles. The van der Waals surface area contributed by atoms with E-state index in [2.05, 4.69) is 31.4 Å². The fourth-order valence-electron chi connectivity index (χ4n) is 2.40. The monoisotopic (exact) mass is 313 g/mol. The van der Waals surface area contributed by atoms with Crippen LogP contribution in [0.4, 0.5) is 17.1 Å². The second kappa shape index (κ2) is 6.69. The molecule has 0 unspecified atom stereocenters. The third-order valence-electron chi connectivity index (χ3n) is 3.52. The Bertz CT molecular complexity index is 706. The molecule has 122 valence electrons. The van der Waals surface area contributed by atoms with Gasteiger partial charge >= 0.3 is 0 Å². The summed E-state index contributed by atoms with van der Waals surface area (Å²) in [6, 6.07) is 13.1. The zero-order chi connectivity index (χ0) is 17.0. The summed E-state index contributed by atoms with van der Waals surface area (Å²) in [5, 5.41) is 17.9. The summed E-state index contributed by atoms with van der Waals surface area (Å²) in [6.45, 7) is 8.64. The molecule has 0 aliphatic heterocycles. The number of hydrogen-bond donors (Lipinski definition) is 2. The minimum atomic E-state index is -0.339. The van der Waals surface area contributed by atoms with Crippen LogP contribution in [-0.2, 0) is 6.54 Å². The van der Waals surface area contributed by atoms with E-state index in [4.69, 9.17) is 0 Å². The quantitative estimate of drug-likeness (QED) is 0.619. The van der Waals surface area contributed by atoms with Crippen LogP contribution in [-0.4, -0.2) is 10.5 Å². The van der Waals surface area contributed by atoms with Crippen LogP contribution in [0.2, 0.25) is 0 Å². The fourth-order valence-corrected chi connectivity index (χ4v) is 2.40. The molecular formula is C18H23N3O2. The average Bonchev–Trinajstić information content (AvgIpc) is 2.45. The van der Waals surface area contributed by atoms with Crippen LogP contribution in [0.25, 0.3) is 0 Å². The minimum Gasteiger partial charge on any atom is -0.379 e. The van der Waals surface area contributed by atoms with Crippen LogP contribution in [0.5, 0.6) is 0 Å². The predicted molar refractivity (Wildman–Crippen MR) is 95.0 cm³/mol. The molecule has 0 radical (unpaired) electrons. The zero-order valence-corrected chi connectivity index (χ0v) is 14.0. The van der Waals surface area contributed by atoms with E-state index >= 15 is 0 Å². The van der Waals surface area contributed by atoms with Crippen LogP contribution < -0.4 is 10.6 Å². The molecule has 23 heavy (non-hydrogen) atoms. The van der Waals surface area contributed by atoms with Gasteiger partial charge in [-0.25, -0.2) is 0 Å². The Balaban J connectivity index is 2.19. The Kier molecular flexibility index (Phi) is 4.89. The maximum Gasteiger partial charge on any atom is 0.272 e. The zero-order valence-electron chi connectivity index (χ0n) is 14.0. The first-order chi connectivity index (χ1) is 10.8. The van der Waals surface area contributed by atoms with Crippen LogP contribution in [0.15, 0.2) is 42.5 Å². The van der Waals surface area contributed by atoms with Gasteiger partial charge in [0.25, 0.3) is 5.69 Å². The molecule has 0 saturated carbocycles. The Morgan fingerprint density at radius 3 is 2.30 bits per heavy atom. The number of nitro benzene ring substituents is 1. The van der Waals surface area contributed by atoms with E-state index in [0.29, 0.717) is 12.1 Å². The highest BCUT2D eigenvalue weighted by molar-refractivity contribution is 5.69. The lowest BCUT2D eigenvalue weighted by atomic mass is 10.1. The standard InChI is InChI=1S/C18H23N3O2/c1-13-14(8-7-11-17(13)21(22)23)12-19-15-9-5-6-10-16(15)20-18(2,3)4/h5-11,19-20H,12H2,1-4H3. The van der Waals surface area contributed by atoms with Crippen molar-refractivity contribution in [2.45, 2.75) is 39.8 Å². The highest BCUT2D eigenvalue weighted by Gasteiger charge is 2.14. The molecule has 2 rings (SSSR count). The fraction of sp³-hybridized carbons (Fsp3) is 0.333. The van der Waals surface area contributed by atoms with Gasteiger partial charge in [-0.1, -0.05) is 24.3 Å². The number of hydrogen-bond acceptors (Lipinski definition) is 4. The molecule has 0 heterocycles. The van der Waals surface area contributed by atoms with Crippen LogP contribution in [0, 0.1) is 17.0 Å². The van der Waals surface area contributed by atoms with E-state index in [1.807, 2.05) is 30.3 Å². The van der Waals surface area contributed by atoms with Gasteiger partial charge < -0.3 is 10.6 Å². The summed E-state index contributed by atoms with van der Waals surface area (Å²) in [5.74, 6) is 0.